The minimum absolute atomic E-state index is 0.0978. The average molecular weight is 521 g/mol. The van der Waals surface area contributed by atoms with Crippen LogP contribution in [0.15, 0.2) is 72.8 Å². The van der Waals surface area contributed by atoms with E-state index in [0.717, 1.165) is 39.9 Å². The number of aliphatic hydroxyl groups excluding tert-OH is 1. The smallest absolute Gasteiger partial charge is 0.114 e. The van der Waals surface area contributed by atoms with Crippen molar-refractivity contribution in [3.63, 3.8) is 0 Å². The van der Waals surface area contributed by atoms with Crippen molar-refractivity contribution in [2.45, 2.75) is 78.2 Å². The van der Waals surface area contributed by atoms with Gasteiger partial charge in [0.2, 0.25) is 0 Å². The monoisotopic (exact) mass is 520 g/mol. The molecule has 0 aromatic heterocycles. The Morgan fingerprint density at radius 1 is 0.838 bits per heavy atom. The molecular formula is C33H45O3P. The second-order valence-electron chi connectivity index (χ2n) is 12.1. The van der Waals surface area contributed by atoms with Crippen LogP contribution in [0.25, 0.3) is 0 Å². The fourth-order valence-electron chi connectivity index (χ4n) is 4.82. The molecule has 0 amide bonds. The van der Waals surface area contributed by atoms with E-state index in [2.05, 4.69) is 84.9 Å². The molecule has 0 spiro atoms. The maximum Gasteiger partial charge on any atom is 0.114 e. The Hall–Kier alpha value is -2.19. The van der Waals surface area contributed by atoms with Crippen molar-refractivity contribution in [3.8, 4) is 5.75 Å². The van der Waals surface area contributed by atoms with Crippen LogP contribution in [0, 0.1) is 0 Å². The fraction of sp³-hybridized carbons (Fsp3) is 0.455. The van der Waals surface area contributed by atoms with Crippen molar-refractivity contribution in [2.75, 3.05) is 19.4 Å². The van der Waals surface area contributed by atoms with Gasteiger partial charge in [0, 0.05) is 6.61 Å². The number of hydrogen-bond donors (Lipinski definition) is 1. The van der Waals surface area contributed by atoms with Crippen LogP contribution in [0.5, 0.6) is 5.75 Å². The quantitative estimate of drug-likeness (QED) is 0.270. The normalized spacial score (nSPS) is 13.5. The molecule has 0 aliphatic rings. The molecule has 0 fully saturated rings. The zero-order valence-electron chi connectivity index (χ0n) is 23.8. The average Bonchev–Trinajstić information content (AvgIpc) is 2.85. The highest BCUT2D eigenvalue weighted by molar-refractivity contribution is 7.95. The molecule has 37 heavy (non-hydrogen) atoms. The Kier molecular flexibility index (Phi) is 9.62. The molecular weight excluding hydrogens is 475 g/mol. The van der Waals surface area contributed by atoms with Crippen LogP contribution < -0.4 is 21.0 Å². The molecule has 3 aromatic rings. The lowest BCUT2D eigenvalue weighted by Crippen LogP contribution is -2.40. The summed E-state index contributed by atoms with van der Waals surface area (Å²) in [6.45, 7) is 16.0. The molecule has 1 N–H and O–H groups in total. The van der Waals surface area contributed by atoms with E-state index in [0.29, 0.717) is 12.8 Å². The minimum atomic E-state index is -2.54. The molecule has 0 heterocycles. The summed E-state index contributed by atoms with van der Waals surface area (Å²) in [5.41, 5.74) is 1.54. The van der Waals surface area contributed by atoms with Gasteiger partial charge in [-0.05, 0) is 58.7 Å². The number of rotatable bonds is 10. The lowest BCUT2D eigenvalue weighted by molar-refractivity contribution is -0.268. The molecule has 200 valence electrons. The molecule has 1 atom stereocenters. The summed E-state index contributed by atoms with van der Waals surface area (Å²) >= 11 is 0. The van der Waals surface area contributed by atoms with Crippen LogP contribution >= 0.6 is 7.26 Å². The van der Waals surface area contributed by atoms with Gasteiger partial charge in [-0.3, -0.25) is 0 Å². The first-order valence-electron chi connectivity index (χ1n) is 13.5. The number of unbranched alkanes of at least 4 members (excludes halogenated alkanes) is 1. The van der Waals surface area contributed by atoms with E-state index in [1.807, 2.05) is 36.4 Å². The van der Waals surface area contributed by atoms with E-state index in [-0.39, 0.29) is 23.2 Å². The van der Waals surface area contributed by atoms with Crippen molar-refractivity contribution in [2.24, 2.45) is 0 Å². The van der Waals surface area contributed by atoms with Crippen LogP contribution in [0.3, 0.4) is 0 Å². The molecule has 0 saturated heterocycles. The summed E-state index contributed by atoms with van der Waals surface area (Å²) in [5.74, 6) is 0.0978. The standard InChI is InChI=1S/C33H45O3P/c1-8-9-20-36-23-26(34)24-37(27-16-12-10-13-17-27,28-18-14-11-15-19-28)30-22-25(32(2,3)4)21-29(31(30)35)33(5,6)7/h10-19,21-22,26,34H,8-9,20,23-24H2,1-7H3. The van der Waals surface area contributed by atoms with Gasteiger partial charge in [-0.1, -0.05) is 103 Å². The zero-order valence-corrected chi connectivity index (χ0v) is 24.6. The number of ether oxygens (including phenoxy) is 1. The van der Waals surface area contributed by atoms with Gasteiger partial charge < -0.3 is 14.9 Å². The third-order valence-corrected chi connectivity index (χ3v) is 11.5. The summed E-state index contributed by atoms with van der Waals surface area (Å²) < 4.78 is 5.87. The van der Waals surface area contributed by atoms with Gasteiger partial charge >= 0.3 is 0 Å². The maximum absolute atomic E-state index is 14.5. The van der Waals surface area contributed by atoms with Crippen LogP contribution in [-0.2, 0) is 15.6 Å². The Labute approximate surface area is 225 Å². The van der Waals surface area contributed by atoms with Crippen molar-refractivity contribution in [3.05, 3.63) is 83.9 Å². The SMILES string of the molecule is CCCCOCC(O)C[P+](c1ccccc1)(c1ccccc1)c1cc(C(C)(C)C)cc(C(C)(C)C)c1[O-]. The second kappa shape index (κ2) is 12.1. The molecule has 0 saturated carbocycles. The van der Waals surface area contributed by atoms with Gasteiger partial charge in [0.25, 0.3) is 0 Å². The predicted molar refractivity (Wildman–Crippen MR) is 159 cm³/mol. The third kappa shape index (κ3) is 6.82. The summed E-state index contributed by atoms with van der Waals surface area (Å²) in [4.78, 5) is 0. The van der Waals surface area contributed by atoms with Crippen molar-refractivity contribution in [1.82, 2.24) is 0 Å². The van der Waals surface area contributed by atoms with E-state index in [1.165, 1.54) is 0 Å². The Morgan fingerprint density at radius 3 is 1.84 bits per heavy atom. The van der Waals surface area contributed by atoms with E-state index >= 15 is 0 Å². The van der Waals surface area contributed by atoms with E-state index in [1.54, 1.807) is 0 Å². The number of aliphatic hydroxyl groups is 1. The molecule has 3 nitrogen and oxygen atoms in total. The van der Waals surface area contributed by atoms with Crippen LogP contribution in [0.1, 0.15) is 72.4 Å². The number of hydrogen-bond acceptors (Lipinski definition) is 3. The second-order valence-corrected chi connectivity index (χ2v) is 15.6. The molecule has 0 aliphatic carbocycles. The van der Waals surface area contributed by atoms with Gasteiger partial charge in [-0.2, -0.15) is 0 Å². The van der Waals surface area contributed by atoms with Crippen molar-refractivity contribution in [1.29, 1.82) is 0 Å². The first-order chi connectivity index (χ1) is 17.4. The lowest BCUT2D eigenvalue weighted by atomic mass is 9.80. The first kappa shape index (κ1) is 29.4. The van der Waals surface area contributed by atoms with Crippen LogP contribution in [0.4, 0.5) is 0 Å². The molecule has 4 heteroatoms. The molecule has 0 bridgehead atoms. The summed E-state index contributed by atoms with van der Waals surface area (Å²) in [6.07, 6.45) is 1.79. The fourth-order valence-corrected chi connectivity index (χ4v) is 9.22. The summed E-state index contributed by atoms with van der Waals surface area (Å²) in [6, 6.07) is 25.0. The summed E-state index contributed by atoms with van der Waals surface area (Å²) in [7, 11) is -2.54. The first-order valence-corrected chi connectivity index (χ1v) is 15.5. The van der Waals surface area contributed by atoms with Gasteiger partial charge in [-0.15, -0.1) is 0 Å². The minimum Gasteiger partial charge on any atom is -0.870 e. The zero-order chi connectivity index (χ0) is 27.3. The Balaban J connectivity index is 2.36. The Morgan fingerprint density at radius 2 is 1.38 bits per heavy atom. The lowest BCUT2D eigenvalue weighted by Gasteiger charge is -2.37. The largest absolute Gasteiger partial charge is 0.870 e. The molecule has 3 rings (SSSR count). The van der Waals surface area contributed by atoms with E-state index in [4.69, 9.17) is 4.74 Å². The van der Waals surface area contributed by atoms with Crippen molar-refractivity contribution >= 4 is 23.2 Å². The predicted octanol–water partition coefficient (Wildman–Crippen LogP) is 5.83. The highest BCUT2D eigenvalue weighted by atomic mass is 31.2. The van der Waals surface area contributed by atoms with Gasteiger partial charge in [0.1, 0.15) is 30.1 Å². The van der Waals surface area contributed by atoms with Gasteiger partial charge in [0.15, 0.2) is 0 Å². The van der Waals surface area contributed by atoms with Gasteiger partial charge in [0.05, 0.1) is 11.9 Å². The van der Waals surface area contributed by atoms with Crippen LogP contribution in [-0.4, -0.2) is 30.6 Å². The van der Waals surface area contributed by atoms with E-state index < -0.39 is 13.4 Å². The van der Waals surface area contributed by atoms with Crippen molar-refractivity contribution < 1.29 is 14.9 Å². The van der Waals surface area contributed by atoms with E-state index in [9.17, 15) is 10.2 Å². The molecule has 3 aromatic carbocycles. The molecule has 0 aliphatic heterocycles. The molecule has 0 radical (unpaired) electrons. The maximum atomic E-state index is 14.5. The highest BCUT2D eigenvalue weighted by Gasteiger charge is 2.48. The number of benzene rings is 3. The summed E-state index contributed by atoms with van der Waals surface area (Å²) in [5, 5.41) is 28.9. The van der Waals surface area contributed by atoms with Gasteiger partial charge in [-0.25, -0.2) is 0 Å². The Bertz CT molecular complexity index is 1090. The molecule has 1 unspecified atom stereocenters. The van der Waals surface area contributed by atoms with Crippen LogP contribution in [0.2, 0.25) is 0 Å². The third-order valence-electron chi connectivity index (χ3n) is 6.99. The topological polar surface area (TPSA) is 52.5 Å². The highest BCUT2D eigenvalue weighted by Crippen LogP contribution is 2.58.